The highest BCUT2D eigenvalue weighted by atomic mass is 32.2. The fourth-order valence-corrected chi connectivity index (χ4v) is 3.29. The molecule has 21 heavy (non-hydrogen) atoms. The Labute approximate surface area is 130 Å². The molecule has 0 aliphatic heterocycles. The van der Waals surface area contributed by atoms with Crippen molar-refractivity contribution in [1.82, 2.24) is 0 Å². The Morgan fingerprint density at radius 1 is 1.10 bits per heavy atom. The van der Waals surface area contributed by atoms with Gasteiger partial charge in [0.15, 0.2) is 0 Å². The molecule has 0 atom stereocenters. The lowest BCUT2D eigenvalue weighted by atomic mass is 9.76. The van der Waals surface area contributed by atoms with Crippen LogP contribution in [0.2, 0.25) is 0 Å². The van der Waals surface area contributed by atoms with Gasteiger partial charge in [-0.25, -0.2) is 0 Å². The van der Waals surface area contributed by atoms with E-state index in [0.717, 1.165) is 5.75 Å². The molecule has 0 heterocycles. The largest absolute Gasteiger partial charge is 0.497 e. The predicted octanol–water partition coefficient (Wildman–Crippen LogP) is 4.78. The summed E-state index contributed by atoms with van der Waals surface area (Å²) in [5.74, 6) is 1.61. The molecular formula is C18H21NOS. The minimum Gasteiger partial charge on any atom is -0.497 e. The molecule has 1 N–H and O–H groups in total. The van der Waals surface area contributed by atoms with Crippen LogP contribution in [0.5, 0.6) is 5.75 Å². The first-order valence-electron chi connectivity index (χ1n) is 7.33. The van der Waals surface area contributed by atoms with Crippen LogP contribution in [0.15, 0.2) is 53.4 Å². The third-order valence-electron chi connectivity index (χ3n) is 4.17. The number of hydrogen-bond donors (Lipinski definition) is 1. The average Bonchev–Trinajstić information content (AvgIpc) is 2.51. The van der Waals surface area contributed by atoms with Crippen molar-refractivity contribution in [2.24, 2.45) is 0 Å². The summed E-state index contributed by atoms with van der Waals surface area (Å²) in [4.78, 5) is 1.31. The monoisotopic (exact) mass is 299 g/mol. The smallest absolute Gasteiger partial charge is 0.118 e. The quantitative estimate of drug-likeness (QED) is 0.803. The number of ether oxygens (including phenoxy) is 1. The van der Waals surface area contributed by atoms with E-state index in [1.54, 1.807) is 18.9 Å². The number of benzene rings is 2. The van der Waals surface area contributed by atoms with Crippen LogP contribution in [0.1, 0.15) is 24.3 Å². The van der Waals surface area contributed by atoms with Crippen molar-refractivity contribution in [1.29, 1.82) is 0 Å². The second-order valence-electron chi connectivity index (χ2n) is 5.51. The lowest BCUT2D eigenvalue weighted by Gasteiger charge is -2.37. The highest BCUT2D eigenvalue weighted by molar-refractivity contribution is 7.98. The summed E-state index contributed by atoms with van der Waals surface area (Å²) in [6.45, 7) is 0. The summed E-state index contributed by atoms with van der Waals surface area (Å²) in [5.41, 5.74) is 2.66. The summed E-state index contributed by atoms with van der Waals surface area (Å²) in [7, 11) is 1.71. The maximum Gasteiger partial charge on any atom is 0.118 e. The van der Waals surface area contributed by atoms with Crippen LogP contribution in [0.4, 0.5) is 5.69 Å². The molecule has 1 saturated carbocycles. The standard InChI is InChI=1S/C18H21NOS/c1-20-17-8-6-13(7-9-17)14-10-16(11-14)19-15-4-3-5-18(12-15)21-2/h3-9,12,14,16,19H,10-11H2,1-2H3. The highest BCUT2D eigenvalue weighted by Gasteiger charge is 2.30. The van der Waals surface area contributed by atoms with Crippen LogP contribution in [0.25, 0.3) is 0 Å². The number of rotatable bonds is 5. The van der Waals surface area contributed by atoms with Gasteiger partial charge in [0.05, 0.1) is 7.11 Å². The first-order chi connectivity index (χ1) is 10.3. The first kappa shape index (κ1) is 14.3. The van der Waals surface area contributed by atoms with Crippen molar-refractivity contribution in [2.75, 3.05) is 18.7 Å². The topological polar surface area (TPSA) is 21.3 Å². The van der Waals surface area contributed by atoms with E-state index < -0.39 is 0 Å². The van der Waals surface area contributed by atoms with Gasteiger partial charge in [-0.1, -0.05) is 18.2 Å². The van der Waals surface area contributed by atoms with E-state index in [1.807, 2.05) is 0 Å². The molecule has 2 nitrogen and oxygen atoms in total. The maximum atomic E-state index is 5.21. The van der Waals surface area contributed by atoms with Crippen LogP contribution in [0.3, 0.4) is 0 Å². The normalized spacial score (nSPS) is 20.7. The average molecular weight is 299 g/mol. The fraction of sp³-hybridized carbons (Fsp3) is 0.333. The van der Waals surface area contributed by atoms with Gasteiger partial charge in [-0.2, -0.15) is 0 Å². The maximum absolute atomic E-state index is 5.21. The SMILES string of the molecule is COc1ccc(C2CC(Nc3cccc(SC)c3)C2)cc1. The zero-order valence-electron chi connectivity index (χ0n) is 12.5. The van der Waals surface area contributed by atoms with E-state index in [4.69, 9.17) is 4.74 Å². The molecule has 0 unspecified atom stereocenters. The third kappa shape index (κ3) is 3.35. The Balaban J connectivity index is 1.55. The Bertz CT molecular complexity index is 590. The zero-order valence-corrected chi connectivity index (χ0v) is 13.3. The number of methoxy groups -OCH3 is 1. The number of nitrogens with one attached hydrogen (secondary N) is 1. The minimum atomic E-state index is 0.592. The number of hydrogen-bond acceptors (Lipinski definition) is 3. The van der Waals surface area contributed by atoms with Gasteiger partial charge in [-0.05, 0) is 60.9 Å². The van der Waals surface area contributed by atoms with E-state index in [-0.39, 0.29) is 0 Å². The zero-order chi connectivity index (χ0) is 14.7. The van der Waals surface area contributed by atoms with Crippen LogP contribution in [0, 0.1) is 0 Å². The van der Waals surface area contributed by atoms with Gasteiger partial charge >= 0.3 is 0 Å². The molecule has 0 saturated heterocycles. The molecular weight excluding hydrogens is 278 g/mol. The summed E-state index contributed by atoms with van der Waals surface area (Å²) >= 11 is 1.78. The van der Waals surface area contributed by atoms with E-state index in [0.29, 0.717) is 12.0 Å². The first-order valence-corrected chi connectivity index (χ1v) is 8.55. The Morgan fingerprint density at radius 3 is 2.52 bits per heavy atom. The van der Waals surface area contributed by atoms with E-state index in [1.165, 1.54) is 29.0 Å². The molecule has 110 valence electrons. The lowest BCUT2D eigenvalue weighted by Crippen LogP contribution is -2.33. The molecule has 0 radical (unpaired) electrons. The van der Waals surface area contributed by atoms with E-state index >= 15 is 0 Å². The van der Waals surface area contributed by atoms with Gasteiger partial charge in [0.1, 0.15) is 5.75 Å². The Kier molecular flexibility index (Phi) is 4.39. The molecule has 1 fully saturated rings. The molecule has 0 spiro atoms. The fourth-order valence-electron chi connectivity index (χ4n) is 2.83. The van der Waals surface area contributed by atoms with Crippen molar-refractivity contribution in [3.63, 3.8) is 0 Å². The van der Waals surface area contributed by atoms with Crippen LogP contribution in [-0.4, -0.2) is 19.4 Å². The summed E-state index contributed by atoms with van der Waals surface area (Å²) in [6.07, 6.45) is 4.52. The van der Waals surface area contributed by atoms with E-state index in [9.17, 15) is 0 Å². The molecule has 2 aromatic rings. The van der Waals surface area contributed by atoms with Crippen LogP contribution < -0.4 is 10.1 Å². The second-order valence-corrected chi connectivity index (χ2v) is 6.39. The summed E-state index contributed by atoms with van der Waals surface area (Å²) in [5, 5.41) is 3.64. The van der Waals surface area contributed by atoms with Gasteiger partial charge in [0, 0.05) is 16.6 Å². The Hall–Kier alpha value is -1.61. The molecule has 3 rings (SSSR count). The van der Waals surface area contributed by atoms with Gasteiger partial charge < -0.3 is 10.1 Å². The predicted molar refractivity (Wildman–Crippen MR) is 90.6 cm³/mol. The van der Waals surface area contributed by atoms with Crippen molar-refractivity contribution >= 4 is 17.4 Å². The van der Waals surface area contributed by atoms with Gasteiger partial charge in [-0.3, -0.25) is 0 Å². The third-order valence-corrected chi connectivity index (χ3v) is 4.89. The summed E-state index contributed by atoms with van der Waals surface area (Å²) in [6, 6.07) is 17.7. The lowest BCUT2D eigenvalue weighted by molar-refractivity contribution is 0.373. The van der Waals surface area contributed by atoms with Crippen molar-refractivity contribution < 1.29 is 4.74 Å². The summed E-state index contributed by atoms with van der Waals surface area (Å²) < 4.78 is 5.21. The Morgan fingerprint density at radius 2 is 1.86 bits per heavy atom. The molecule has 0 amide bonds. The number of anilines is 1. The van der Waals surface area contributed by atoms with E-state index in [2.05, 4.69) is 60.1 Å². The molecule has 0 bridgehead atoms. The van der Waals surface area contributed by atoms with Crippen molar-refractivity contribution in [3.05, 3.63) is 54.1 Å². The van der Waals surface area contributed by atoms with Crippen LogP contribution in [-0.2, 0) is 0 Å². The van der Waals surface area contributed by atoms with Gasteiger partial charge in [-0.15, -0.1) is 11.8 Å². The molecule has 1 aliphatic carbocycles. The highest BCUT2D eigenvalue weighted by Crippen LogP contribution is 2.39. The molecule has 2 aromatic carbocycles. The van der Waals surface area contributed by atoms with Crippen molar-refractivity contribution in [2.45, 2.75) is 29.7 Å². The molecule has 1 aliphatic rings. The molecule has 3 heteroatoms. The number of thioether (sulfide) groups is 1. The van der Waals surface area contributed by atoms with Crippen molar-refractivity contribution in [3.8, 4) is 5.75 Å². The van der Waals surface area contributed by atoms with Gasteiger partial charge in [0.25, 0.3) is 0 Å². The second kappa shape index (κ2) is 6.44. The minimum absolute atomic E-state index is 0.592. The van der Waals surface area contributed by atoms with Crippen LogP contribution >= 0.6 is 11.8 Å². The van der Waals surface area contributed by atoms with Gasteiger partial charge in [0.2, 0.25) is 0 Å². The molecule has 0 aromatic heterocycles.